The minimum atomic E-state index is -3.82. The molecule has 1 aromatic heterocycles. The molecule has 212 valence electrons. The monoisotopic (exact) mass is 566 g/mol. The van der Waals surface area contributed by atoms with Crippen molar-refractivity contribution in [1.82, 2.24) is 20.7 Å². The number of carbonyl (C=O) groups is 2. The van der Waals surface area contributed by atoms with Crippen LogP contribution in [0, 0.1) is 0 Å². The Labute approximate surface area is 234 Å². The molecule has 2 N–H and O–H groups in total. The molecule has 2 atom stereocenters. The Morgan fingerprint density at radius 1 is 1.05 bits per heavy atom. The molecule has 1 amide bonds. The maximum absolute atomic E-state index is 13.1. The zero-order valence-electron chi connectivity index (χ0n) is 22.6. The van der Waals surface area contributed by atoms with Crippen LogP contribution >= 0.6 is 0 Å². The van der Waals surface area contributed by atoms with Gasteiger partial charge >= 0.3 is 5.97 Å². The molecule has 1 aliphatic rings. The number of piperidine rings is 1. The lowest BCUT2D eigenvalue weighted by molar-refractivity contribution is -0.155. The van der Waals surface area contributed by atoms with Crippen LogP contribution in [0.4, 0.5) is 0 Å². The highest BCUT2D eigenvalue weighted by atomic mass is 32.2. The third kappa shape index (κ3) is 7.44. The number of hydrogen-bond acceptors (Lipinski definition) is 9. The van der Waals surface area contributed by atoms with Gasteiger partial charge in [-0.3, -0.25) is 15.0 Å². The number of nitrogens with zero attached hydrogens (tertiary/aromatic N) is 2. The summed E-state index contributed by atoms with van der Waals surface area (Å²) in [6.07, 6.45) is 2.86. The summed E-state index contributed by atoms with van der Waals surface area (Å²) in [6.45, 7) is 0.749. The van der Waals surface area contributed by atoms with Crippen LogP contribution in [0.3, 0.4) is 0 Å². The van der Waals surface area contributed by atoms with Crippen LogP contribution in [0.15, 0.2) is 82.8 Å². The molecule has 0 bridgehead atoms. The highest BCUT2D eigenvalue weighted by Crippen LogP contribution is 2.23. The van der Waals surface area contributed by atoms with Gasteiger partial charge in [-0.15, -0.1) is 0 Å². The van der Waals surface area contributed by atoms with Crippen molar-refractivity contribution >= 4 is 21.7 Å². The number of carbonyl (C=O) groups excluding carboxylic acids is 2. The minimum Gasteiger partial charge on any atom is -0.497 e. The average molecular weight is 567 g/mol. The molecular weight excluding hydrogens is 532 g/mol. The molecule has 40 heavy (non-hydrogen) atoms. The summed E-state index contributed by atoms with van der Waals surface area (Å²) in [5, 5.41) is 4.42. The van der Waals surface area contributed by atoms with Gasteiger partial charge in [0.2, 0.25) is 15.7 Å². The maximum atomic E-state index is 13.1. The van der Waals surface area contributed by atoms with E-state index in [4.69, 9.17) is 9.47 Å². The molecule has 4 rings (SSSR count). The summed E-state index contributed by atoms with van der Waals surface area (Å²) in [6, 6.07) is 18.5. The first kappa shape index (κ1) is 29.2. The molecule has 3 aromatic rings. The quantitative estimate of drug-likeness (QED) is 0.337. The Morgan fingerprint density at radius 2 is 1.80 bits per heavy atom. The van der Waals surface area contributed by atoms with Crippen LogP contribution in [0.5, 0.6) is 5.75 Å². The number of rotatable bonds is 11. The van der Waals surface area contributed by atoms with Crippen molar-refractivity contribution < 1.29 is 27.5 Å². The first-order chi connectivity index (χ1) is 19.3. The van der Waals surface area contributed by atoms with E-state index in [-0.39, 0.29) is 40.9 Å². The van der Waals surface area contributed by atoms with Gasteiger partial charge in [0.1, 0.15) is 17.9 Å². The van der Waals surface area contributed by atoms with Crippen molar-refractivity contribution in [1.29, 1.82) is 0 Å². The van der Waals surface area contributed by atoms with Crippen LogP contribution in [0.25, 0.3) is 0 Å². The van der Waals surface area contributed by atoms with Crippen molar-refractivity contribution in [3.63, 3.8) is 0 Å². The largest absolute Gasteiger partial charge is 0.497 e. The Morgan fingerprint density at radius 3 is 2.50 bits per heavy atom. The molecule has 0 aliphatic carbocycles. The van der Waals surface area contributed by atoms with Gasteiger partial charge in [-0.25, -0.2) is 18.4 Å². The van der Waals surface area contributed by atoms with Crippen LogP contribution in [0.2, 0.25) is 0 Å². The Bertz CT molecular complexity index is 1400. The van der Waals surface area contributed by atoms with Crippen molar-refractivity contribution in [2.24, 2.45) is 0 Å². The average Bonchev–Trinajstić information content (AvgIpc) is 2.99. The normalized spacial score (nSPS) is 17.6. The smallest absolute Gasteiger partial charge is 0.306 e. The topological polar surface area (TPSA) is 127 Å². The minimum absolute atomic E-state index is 0.0686. The van der Waals surface area contributed by atoms with Crippen LogP contribution in [0.1, 0.15) is 30.4 Å². The second-order valence-electron chi connectivity index (χ2n) is 9.46. The van der Waals surface area contributed by atoms with E-state index in [0.717, 1.165) is 5.56 Å². The Balaban J connectivity index is 1.36. The molecule has 2 heterocycles. The van der Waals surface area contributed by atoms with Crippen molar-refractivity contribution in [3.05, 3.63) is 84.1 Å². The van der Waals surface area contributed by atoms with E-state index in [0.29, 0.717) is 37.1 Å². The first-order valence-corrected chi connectivity index (χ1v) is 14.6. The van der Waals surface area contributed by atoms with Crippen LogP contribution in [-0.2, 0) is 37.1 Å². The molecule has 0 saturated carbocycles. The molecule has 1 saturated heterocycles. The number of likely N-dealkylation sites (N-methyl/N-ethyl adjacent to an activating group) is 1. The molecule has 1 fully saturated rings. The molecule has 1 aliphatic heterocycles. The number of aryl methyl sites for hydroxylation is 1. The van der Waals surface area contributed by atoms with E-state index in [9.17, 15) is 18.0 Å². The molecule has 1 unspecified atom stereocenters. The van der Waals surface area contributed by atoms with Gasteiger partial charge in [0.15, 0.2) is 5.03 Å². The molecule has 2 aromatic carbocycles. The Hall–Kier alpha value is -3.80. The summed E-state index contributed by atoms with van der Waals surface area (Å²) >= 11 is 0. The summed E-state index contributed by atoms with van der Waals surface area (Å²) in [7, 11) is -0.743. The van der Waals surface area contributed by atoms with Gasteiger partial charge in [0.25, 0.3) is 0 Å². The summed E-state index contributed by atoms with van der Waals surface area (Å²) in [4.78, 5) is 29.3. The van der Waals surface area contributed by atoms with Gasteiger partial charge in [0.05, 0.1) is 12.0 Å². The number of pyridine rings is 1. The van der Waals surface area contributed by atoms with Gasteiger partial charge in [-0.2, -0.15) is 0 Å². The number of ether oxygens (including phenoxy) is 2. The number of methoxy groups -OCH3 is 1. The SMILES string of the molecule is CNC(=O)[C@H]1CC(OC(=O)CCc2ccccc2)CCN1NCc1ccnc(S(=O)(=O)c2ccc(OC)cc2)c1. The third-order valence-corrected chi connectivity index (χ3v) is 8.46. The predicted molar refractivity (Wildman–Crippen MR) is 148 cm³/mol. The van der Waals surface area contributed by atoms with Crippen LogP contribution in [-0.4, -0.2) is 63.1 Å². The van der Waals surface area contributed by atoms with Crippen molar-refractivity contribution in [2.75, 3.05) is 20.7 Å². The van der Waals surface area contributed by atoms with E-state index in [2.05, 4.69) is 15.7 Å². The van der Waals surface area contributed by atoms with E-state index in [1.54, 1.807) is 25.2 Å². The number of benzene rings is 2. The van der Waals surface area contributed by atoms with Gasteiger partial charge in [-0.05, 0) is 60.4 Å². The highest BCUT2D eigenvalue weighted by molar-refractivity contribution is 7.91. The summed E-state index contributed by atoms with van der Waals surface area (Å²) in [5.41, 5.74) is 5.00. The molecule has 0 spiro atoms. The Kier molecular flexibility index (Phi) is 9.86. The first-order valence-electron chi connectivity index (χ1n) is 13.1. The number of hydrogen-bond donors (Lipinski definition) is 2. The third-order valence-electron chi connectivity index (χ3n) is 6.79. The van der Waals surface area contributed by atoms with Gasteiger partial charge < -0.3 is 14.8 Å². The number of nitrogens with one attached hydrogen (secondary N) is 2. The number of hydrazine groups is 1. The zero-order chi connectivity index (χ0) is 28.5. The van der Waals surface area contributed by atoms with Gasteiger partial charge in [-0.1, -0.05) is 30.3 Å². The summed E-state index contributed by atoms with van der Waals surface area (Å²) in [5.74, 6) is 0.0737. The lowest BCUT2D eigenvalue weighted by Crippen LogP contribution is -2.57. The van der Waals surface area contributed by atoms with Gasteiger partial charge in [0, 0.05) is 39.2 Å². The molecule has 10 nitrogen and oxygen atoms in total. The van der Waals surface area contributed by atoms with Crippen molar-refractivity contribution in [3.8, 4) is 5.75 Å². The fourth-order valence-corrected chi connectivity index (χ4v) is 5.80. The second kappa shape index (κ2) is 13.5. The summed E-state index contributed by atoms with van der Waals surface area (Å²) < 4.78 is 37.0. The second-order valence-corrected chi connectivity index (χ2v) is 11.4. The van der Waals surface area contributed by atoms with E-state index >= 15 is 0 Å². The molecule has 0 radical (unpaired) electrons. The molecule has 11 heteroatoms. The highest BCUT2D eigenvalue weighted by Gasteiger charge is 2.34. The lowest BCUT2D eigenvalue weighted by atomic mass is 10.00. The maximum Gasteiger partial charge on any atom is 0.306 e. The van der Waals surface area contributed by atoms with Crippen LogP contribution < -0.4 is 15.5 Å². The predicted octanol–water partition coefficient (Wildman–Crippen LogP) is 2.68. The number of aromatic nitrogens is 1. The number of esters is 1. The molecular formula is C29H34N4O6S. The fourth-order valence-electron chi connectivity index (χ4n) is 4.56. The standard InChI is InChI=1S/C29H34N4O6S/c1-30-29(35)26-19-24(39-28(34)13-8-21-6-4-3-5-7-21)15-17-33(26)32-20-22-14-16-31-27(18-22)40(36,37)25-11-9-23(38-2)10-12-25/h3-7,9-12,14,16,18,24,26,32H,8,13,15,17,19-20H2,1-2H3,(H,30,35)/t24?,26-/m1/s1. The van der Waals surface area contributed by atoms with E-state index < -0.39 is 15.9 Å². The lowest BCUT2D eigenvalue weighted by Gasteiger charge is -2.38. The number of sulfone groups is 1. The zero-order valence-corrected chi connectivity index (χ0v) is 23.4. The van der Waals surface area contributed by atoms with E-state index in [1.165, 1.54) is 31.5 Å². The fraction of sp³-hybridized carbons (Fsp3) is 0.345. The number of amides is 1. The van der Waals surface area contributed by atoms with Crippen molar-refractivity contribution in [2.45, 2.75) is 54.3 Å². The van der Waals surface area contributed by atoms with E-state index in [1.807, 2.05) is 35.3 Å².